The molecule has 2 aromatic carbocycles. The lowest BCUT2D eigenvalue weighted by Gasteiger charge is -2.10. The zero-order chi connectivity index (χ0) is 24.6. The van der Waals surface area contributed by atoms with Crippen molar-refractivity contribution in [1.82, 2.24) is 9.97 Å². The molecule has 0 spiro atoms. The van der Waals surface area contributed by atoms with Gasteiger partial charge < -0.3 is 4.42 Å². The third-order valence-corrected chi connectivity index (χ3v) is 7.90. The predicted octanol–water partition coefficient (Wildman–Crippen LogP) is 3.34. The van der Waals surface area contributed by atoms with Crippen molar-refractivity contribution < 1.29 is 21.3 Å². The molecule has 0 unspecified atom stereocenters. The molecule has 0 radical (unpaired) electrons. The molecule has 176 valence electrons. The van der Waals surface area contributed by atoms with Gasteiger partial charge in [0.05, 0.1) is 26.6 Å². The number of rotatable bonds is 6. The molecular weight excluding hydrogens is 492 g/mol. The fraction of sp³-hybridized carbons (Fsp3) is 0. The molecule has 0 aliphatic heterocycles. The van der Waals surface area contributed by atoms with Crippen molar-refractivity contribution in [2.75, 3.05) is 9.44 Å². The van der Waals surface area contributed by atoms with Gasteiger partial charge in [-0.1, -0.05) is 6.07 Å². The summed E-state index contributed by atoms with van der Waals surface area (Å²) in [4.78, 5) is 20.2. The molecule has 5 aromatic rings. The molecule has 35 heavy (non-hydrogen) atoms. The molecule has 2 N–H and O–H groups in total. The van der Waals surface area contributed by atoms with Gasteiger partial charge in [0.2, 0.25) is 0 Å². The first-order chi connectivity index (χ1) is 16.7. The third-order valence-electron chi connectivity index (χ3n) is 5.14. The van der Waals surface area contributed by atoms with Gasteiger partial charge in [0.25, 0.3) is 20.0 Å². The highest BCUT2D eigenvalue weighted by atomic mass is 32.2. The zero-order valence-electron chi connectivity index (χ0n) is 17.7. The first-order valence-electron chi connectivity index (χ1n) is 10.1. The Kier molecular flexibility index (Phi) is 5.46. The average Bonchev–Trinajstić information content (AvgIpc) is 2.84. The Morgan fingerprint density at radius 1 is 0.600 bits per heavy atom. The Morgan fingerprint density at radius 3 is 1.63 bits per heavy atom. The van der Waals surface area contributed by atoms with E-state index < -0.39 is 25.7 Å². The SMILES string of the molecule is O=c1oc2cc(S(=O)(=O)Nc3ccncc3)ccc2c2ccc(S(=O)(=O)Nc3ccncc3)cc12. The summed E-state index contributed by atoms with van der Waals surface area (Å²) in [6, 6.07) is 14.2. The van der Waals surface area contributed by atoms with E-state index in [1.54, 1.807) is 0 Å². The van der Waals surface area contributed by atoms with E-state index in [1.165, 1.54) is 85.5 Å². The van der Waals surface area contributed by atoms with E-state index in [9.17, 15) is 21.6 Å². The van der Waals surface area contributed by atoms with Crippen LogP contribution in [0, 0.1) is 0 Å². The Bertz CT molecular complexity index is 1840. The maximum Gasteiger partial charge on any atom is 0.344 e. The molecule has 0 atom stereocenters. The van der Waals surface area contributed by atoms with Crippen molar-refractivity contribution in [2.24, 2.45) is 0 Å². The normalized spacial score (nSPS) is 12.0. The molecule has 0 aliphatic carbocycles. The van der Waals surface area contributed by atoms with Crippen LogP contribution in [0.5, 0.6) is 0 Å². The second kappa shape index (κ2) is 8.49. The van der Waals surface area contributed by atoms with Crippen LogP contribution in [0.4, 0.5) is 11.4 Å². The Balaban J connectivity index is 1.55. The summed E-state index contributed by atoms with van der Waals surface area (Å²) in [5.74, 6) is 0. The summed E-state index contributed by atoms with van der Waals surface area (Å²) in [6.45, 7) is 0. The molecule has 3 aromatic heterocycles. The van der Waals surface area contributed by atoms with E-state index in [2.05, 4.69) is 19.4 Å². The first-order valence-corrected chi connectivity index (χ1v) is 13.1. The summed E-state index contributed by atoms with van der Waals surface area (Å²) in [7, 11) is -7.94. The summed E-state index contributed by atoms with van der Waals surface area (Å²) in [6.07, 6.45) is 5.79. The molecule has 0 fully saturated rings. The van der Waals surface area contributed by atoms with E-state index in [0.29, 0.717) is 22.1 Å². The van der Waals surface area contributed by atoms with E-state index in [-0.39, 0.29) is 20.8 Å². The molecule has 12 heteroatoms. The van der Waals surface area contributed by atoms with Crippen LogP contribution in [0.15, 0.2) is 104 Å². The smallest absolute Gasteiger partial charge is 0.344 e. The van der Waals surface area contributed by atoms with Gasteiger partial charge in [-0.2, -0.15) is 0 Å². The van der Waals surface area contributed by atoms with Crippen LogP contribution in [0.1, 0.15) is 0 Å². The number of hydrogen-bond acceptors (Lipinski definition) is 8. The van der Waals surface area contributed by atoms with Crippen molar-refractivity contribution in [3.05, 3.63) is 95.9 Å². The lowest BCUT2D eigenvalue weighted by atomic mass is 10.1. The minimum Gasteiger partial charge on any atom is -0.422 e. The van der Waals surface area contributed by atoms with Gasteiger partial charge in [-0.3, -0.25) is 19.4 Å². The standard InChI is InChI=1S/C23H16N4O6S2/c28-23-21-13-17(34(29,30)26-15-5-9-24-10-6-15)1-3-19(21)20-4-2-18(14-22(20)33-23)35(31,32)27-16-7-11-25-12-8-16/h1-14H,(H,24,26)(H,25,27). The first kappa shape index (κ1) is 22.5. The number of nitrogens with one attached hydrogen (secondary N) is 2. The highest BCUT2D eigenvalue weighted by Gasteiger charge is 2.19. The van der Waals surface area contributed by atoms with Gasteiger partial charge in [0.15, 0.2) is 0 Å². The summed E-state index contributed by atoms with van der Waals surface area (Å²) >= 11 is 0. The zero-order valence-corrected chi connectivity index (χ0v) is 19.4. The molecule has 3 heterocycles. The fourth-order valence-corrected chi connectivity index (χ4v) is 5.65. The molecule has 5 rings (SSSR count). The highest BCUT2D eigenvalue weighted by molar-refractivity contribution is 7.93. The van der Waals surface area contributed by atoms with Crippen molar-refractivity contribution in [3.8, 4) is 0 Å². The largest absolute Gasteiger partial charge is 0.422 e. The van der Waals surface area contributed by atoms with Gasteiger partial charge in [-0.25, -0.2) is 21.6 Å². The topological polar surface area (TPSA) is 148 Å². The monoisotopic (exact) mass is 508 g/mol. The minimum absolute atomic E-state index is 0.0422. The van der Waals surface area contributed by atoms with Crippen LogP contribution in [0.3, 0.4) is 0 Å². The van der Waals surface area contributed by atoms with Gasteiger partial charge in [0.1, 0.15) is 5.58 Å². The number of nitrogens with zero attached hydrogens (tertiary/aromatic N) is 2. The number of anilines is 2. The van der Waals surface area contributed by atoms with E-state index in [1.807, 2.05) is 0 Å². The summed E-state index contributed by atoms with van der Waals surface area (Å²) in [5, 5.41) is 0.916. The Labute approximate surface area is 199 Å². The minimum atomic E-state index is -3.98. The van der Waals surface area contributed by atoms with Gasteiger partial charge in [-0.05, 0) is 48.5 Å². The lowest BCUT2D eigenvalue weighted by Crippen LogP contribution is -2.14. The number of fused-ring (bicyclic) bond motifs is 3. The van der Waals surface area contributed by atoms with E-state index in [4.69, 9.17) is 4.42 Å². The fourth-order valence-electron chi connectivity index (χ4n) is 3.49. The Morgan fingerprint density at radius 2 is 1.09 bits per heavy atom. The number of sulfonamides is 2. The molecule has 0 saturated carbocycles. The molecule has 0 saturated heterocycles. The molecule has 10 nitrogen and oxygen atoms in total. The number of aromatic nitrogens is 2. The number of pyridine rings is 2. The quantitative estimate of drug-likeness (QED) is 0.262. The third kappa shape index (κ3) is 4.44. The molecule has 0 bridgehead atoms. The van der Waals surface area contributed by atoms with Crippen molar-refractivity contribution in [3.63, 3.8) is 0 Å². The number of hydrogen-bond donors (Lipinski definition) is 2. The van der Waals surface area contributed by atoms with Gasteiger partial charge in [0, 0.05) is 41.6 Å². The number of benzene rings is 2. The second-order valence-electron chi connectivity index (χ2n) is 7.44. The van der Waals surface area contributed by atoms with Crippen LogP contribution >= 0.6 is 0 Å². The van der Waals surface area contributed by atoms with Crippen LogP contribution in [-0.2, 0) is 20.0 Å². The lowest BCUT2D eigenvalue weighted by molar-refractivity contribution is 0.567. The van der Waals surface area contributed by atoms with E-state index >= 15 is 0 Å². The maximum atomic E-state index is 12.8. The van der Waals surface area contributed by atoms with Crippen LogP contribution in [0.25, 0.3) is 21.7 Å². The predicted molar refractivity (Wildman–Crippen MR) is 130 cm³/mol. The van der Waals surface area contributed by atoms with Crippen molar-refractivity contribution in [1.29, 1.82) is 0 Å². The second-order valence-corrected chi connectivity index (χ2v) is 10.8. The molecule has 0 amide bonds. The van der Waals surface area contributed by atoms with Gasteiger partial charge in [-0.15, -0.1) is 0 Å². The summed E-state index contributed by atoms with van der Waals surface area (Å²) < 4.78 is 61.3. The summed E-state index contributed by atoms with van der Waals surface area (Å²) in [5.41, 5.74) is -0.107. The molecular formula is C23H16N4O6S2. The highest BCUT2D eigenvalue weighted by Crippen LogP contribution is 2.28. The van der Waals surface area contributed by atoms with Gasteiger partial charge >= 0.3 is 5.63 Å². The molecule has 0 aliphatic rings. The van der Waals surface area contributed by atoms with E-state index in [0.717, 1.165) is 0 Å². The van der Waals surface area contributed by atoms with Crippen molar-refractivity contribution >= 4 is 53.2 Å². The maximum absolute atomic E-state index is 12.8. The van der Waals surface area contributed by atoms with Crippen molar-refractivity contribution in [2.45, 2.75) is 9.79 Å². The van der Waals surface area contributed by atoms with Crippen LogP contribution in [-0.4, -0.2) is 26.8 Å². The van der Waals surface area contributed by atoms with Crippen LogP contribution in [0.2, 0.25) is 0 Å². The Hall–Kier alpha value is -4.29. The van der Waals surface area contributed by atoms with Crippen LogP contribution < -0.4 is 15.1 Å². The average molecular weight is 509 g/mol.